The van der Waals surface area contributed by atoms with Crippen LogP contribution >= 0.6 is 0 Å². The summed E-state index contributed by atoms with van der Waals surface area (Å²) in [6.45, 7) is 5.42. The Morgan fingerprint density at radius 2 is 2.10 bits per heavy atom. The van der Waals surface area contributed by atoms with Crippen molar-refractivity contribution in [2.45, 2.75) is 46.0 Å². The molecule has 4 heteroatoms. The zero-order valence-electron chi connectivity index (χ0n) is 12.5. The third-order valence-electron chi connectivity index (χ3n) is 4.53. The predicted molar refractivity (Wildman–Crippen MR) is 82.0 cm³/mol. The topological polar surface area (TPSA) is 42.2 Å². The smallest absolute Gasteiger partial charge is 0.243 e. The van der Waals surface area contributed by atoms with Crippen molar-refractivity contribution in [3.05, 3.63) is 23.9 Å². The van der Waals surface area contributed by atoms with E-state index in [9.17, 15) is 0 Å². The number of hydrogen-bond donors (Lipinski definition) is 1. The van der Waals surface area contributed by atoms with Gasteiger partial charge in [0, 0.05) is 12.7 Å². The Kier molecular flexibility index (Phi) is 3.90. The maximum Gasteiger partial charge on any atom is 0.243 e. The van der Waals surface area contributed by atoms with Crippen molar-refractivity contribution in [2.75, 3.05) is 11.9 Å². The highest BCUT2D eigenvalue weighted by Gasteiger charge is 2.17. The number of anilines is 1. The first-order valence-corrected chi connectivity index (χ1v) is 7.78. The minimum absolute atomic E-state index is 0.753. The van der Waals surface area contributed by atoms with E-state index < -0.39 is 0 Å². The lowest BCUT2D eigenvalue weighted by Crippen LogP contribution is -2.16. The molecule has 0 amide bonds. The van der Waals surface area contributed by atoms with E-state index >= 15 is 0 Å². The zero-order chi connectivity index (χ0) is 13.9. The summed E-state index contributed by atoms with van der Waals surface area (Å²) in [5, 5.41) is 7.84. The molecule has 1 aliphatic carbocycles. The van der Waals surface area contributed by atoms with Crippen molar-refractivity contribution < 1.29 is 0 Å². The van der Waals surface area contributed by atoms with Gasteiger partial charge < -0.3 is 5.32 Å². The van der Waals surface area contributed by atoms with Crippen molar-refractivity contribution in [1.29, 1.82) is 0 Å². The first-order chi connectivity index (χ1) is 9.72. The number of rotatable bonds is 4. The summed E-state index contributed by atoms with van der Waals surface area (Å²) in [5.74, 6) is 2.57. The van der Waals surface area contributed by atoms with E-state index in [0.29, 0.717) is 0 Å². The molecule has 3 rings (SSSR count). The maximum absolute atomic E-state index is 4.55. The van der Waals surface area contributed by atoms with Crippen LogP contribution in [0, 0.1) is 18.8 Å². The normalized spacial score (nSPS) is 23.1. The van der Waals surface area contributed by atoms with Gasteiger partial charge >= 0.3 is 0 Å². The molecule has 0 bridgehead atoms. The molecule has 2 aromatic heterocycles. The molecular weight excluding hydrogens is 248 g/mol. The standard InChI is InChI=1S/C16H24N4/c1-12-5-7-14(8-6-12)9-10-17-16-18-15-13(2)4-3-11-20(15)19-16/h3-4,11-12,14H,5-10H2,1-2H3,(H,17,19). The Balaban J connectivity index is 1.53. The fraction of sp³-hybridized carbons (Fsp3) is 0.625. The summed E-state index contributed by atoms with van der Waals surface area (Å²) in [7, 11) is 0. The van der Waals surface area contributed by atoms with Gasteiger partial charge in [0.15, 0.2) is 5.65 Å². The Morgan fingerprint density at radius 1 is 1.30 bits per heavy atom. The van der Waals surface area contributed by atoms with E-state index in [1.807, 2.05) is 16.8 Å². The second-order valence-corrected chi connectivity index (χ2v) is 6.24. The summed E-state index contributed by atoms with van der Waals surface area (Å²) in [6, 6.07) is 4.07. The minimum atomic E-state index is 0.753. The molecule has 1 aliphatic rings. The highest BCUT2D eigenvalue weighted by molar-refractivity contribution is 5.49. The summed E-state index contributed by atoms with van der Waals surface area (Å²) in [4.78, 5) is 4.55. The van der Waals surface area contributed by atoms with Crippen molar-refractivity contribution in [3.63, 3.8) is 0 Å². The van der Waals surface area contributed by atoms with E-state index in [-0.39, 0.29) is 0 Å². The molecule has 2 aromatic rings. The van der Waals surface area contributed by atoms with Gasteiger partial charge in [-0.05, 0) is 36.8 Å². The van der Waals surface area contributed by atoms with Crippen LogP contribution in [0.5, 0.6) is 0 Å². The van der Waals surface area contributed by atoms with Crippen molar-refractivity contribution >= 4 is 11.6 Å². The number of nitrogens with one attached hydrogen (secondary N) is 1. The van der Waals surface area contributed by atoms with Crippen LogP contribution in [-0.2, 0) is 0 Å². The quantitative estimate of drug-likeness (QED) is 0.923. The van der Waals surface area contributed by atoms with Gasteiger partial charge in [-0.2, -0.15) is 4.98 Å². The monoisotopic (exact) mass is 272 g/mol. The summed E-state index contributed by atoms with van der Waals surface area (Å²) >= 11 is 0. The number of aromatic nitrogens is 3. The lowest BCUT2D eigenvalue weighted by atomic mass is 9.81. The predicted octanol–water partition coefficient (Wildman–Crippen LogP) is 3.67. The van der Waals surface area contributed by atoms with Gasteiger partial charge in [-0.25, -0.2) is 4.52 Å². The van der Waals surface area contributed by atoms with Gasteiger partial charge in [0.05, 0.1) is 0 Å². The second-order valence-electron chi connectivity index (χ2n) is 6.24. The second kappa shape index (κ2) is 5.81. The van der Waals surface area contributed by atoms with Gasteiger partial charge in [0.25, 0.3) is 0 Å². The molecule has 0 aliphatic heterocycles. The fourth-order valence-electron chi connectivity index (χ4n) is 3.12. The highest BCUT2D eigenvalue weighted by Crippen LogP contribution is 2.30. The van der Waals surface area contributed by atoms with Crippen LogP contribution in [0.1, 0.15) is 44.6 Å². The number of nitrogens with zero attached hydrogens (tertiary/aromatic N) is 3. The highest BCUT2D eigenvalue weighted by atomic mass is 15.3. The van der Waals surface area contributed by atoms with Crippen molar-refractivity contribution in [2.24, 2.45) is 11.8 Å². The zero-order valence-corrected chi connectivity index (χ0v) is 12.5. The molecule has 20 heavy (non-hydrogen) atoms. The van der Waals surface area contributed by atoms with Crippen LogP contribution in [0.2, 0.25) is 0 Å². The summed E-state index contributed by atoms with van der Waals surface area (Å²) in [5.41, 5.74) is 2.11. The van der Waals surface area contributed by atoms with E-state index in [4.69, 9.17) is 0 Å². The molecule has 108 valence electrons. The Hall–Kier alpha value is -1.58. The molecule has 0 unspecified atom stereocenters. The maximum atomic E-state index is 4.55. The van der Waals surface area contributed by atoms with Crippen LogP contribution in [0.25, 0.3) is 5.65 Å². The molecule has 1 N–H and O–H groups in total. The van der Waals surface area contributed by atoms with Crippen LogP contribution in [0.15, 0.2) is 18.3 Å². The third-order valence-corrected chi connectivity index (χ3v) is 4.53. The van der Waals surface area contributed by atoms with E-state index in [1.165, 1.54) is 32.1 Å². The molecule has 0 saturated heterocycles. The van der Waals surface area contributed by atoms with Gasteiger partial charge in [0.1, 0.15) is 0 Å². The molecule has 2 heterocycles. The van der Waals surface area contributed by atoms with E-state index in [0.717, 1.165) is 35.5 Å². The molecule has 1 fully saturated rings. The molecule has 0 aromatic carbocycles. The largest absolute Gasteiger partial charge is 0.353 e. The lowest BCUT2D eigenvalue weighted by molar-refractivity contribution is 0.282. The average molecular weight is 272 g/mol. The number of pyridine rings is 1. The molecule has 0 spiro atoms. The van der Waals surface area contributed by atoms with Crippen LogP contribution in [0.3, 0.4) is 0 Å². The number of aryl methyl sites for hydroxylation is 1. The molecular formula is C16H24N4. The van der Waals surface area contributed by atoms with Crippen molar-refractivity contribution in [1.82, 2.24) is 14.6 Å². The first kappa shape index (κ1) is 13.4. The van der Waals surface area contributed by atoms with Crippen molar-refractivity contribution in [3.8, 4) is 0 Å². The SMILES string of the molecule is Cc1cccn2nc(NCCC3CCC(C)CC3)nc12. The van der Waals surface area contributed by atoms with E-state index in [1.54, 1.807) is 0 Å². The van der Waals surface area contributed by atoms with Gasteiger partial charge in [-0.1, -0.05) is 38.7 Å². The fourth-order valence-corrected chi connectivity index (χ4v) is 3.12. The van der Waals surface area contributed by atoms with Gasteiger partial charge in [-0.3, -0.25) is 0 Å². The molecule has 0 atom stereocenters. The average Bonchev–Trinajstić information content (AvgIpc) is 2.85. The molecule has 4 nitrogen and oxygen atoms in total. The first-order valence-electron chi connectivity index (χ1n) is 7.78. The Labute approximate surface area is 120 Å². The summed E-state index contributed by atoms with van der Waals surface area (Å²) < 4.78 is 1.85. The van der Waals surface area contributed by atoms with Crippen LogP contribution in [0.4, 0.5) is 5.95 Å². The van der Waals surface area contributed by atoms with E-state index in [2.05, 4.69) is 35.3 Å². The van der Waals surface area contributed by atoms with Crippen LogP contribution < -0.4 is 5.32 Å². The van der Waals surface area contributed by atoms with Gasteiger partial charge in [0.2, 0.25) is 5.95 Å². The Bertz CT molecular complexity index is 567. The minimum Gasteiger partial charge on any atom is -0.353 e. The number of hydrogen-bond acceptors (Lipinski definition) is 3. The molecule has 1 saturated carbocycles. The number of fused-ring (bicyclic) bond motifs is 1. The Morgan fingerprint density at radius 3 is 2.85 bits per heavy atom. The third kappa shape index (κ3) is 2.94. The van der Waals surface area contributed by atoms with Crippen LogP contribution in [-0.4, -0.2) is 21.1 Å². The molecule has 0 radical (unpaired) electrons. The summed E-state index contributed by atoms with van der Waals surface area (Å²) in [6.07, 6.45) is 8.76. The lowest BCUT2D eigenvalue weighted by Gasteiger charge is -2.25. The van der Waals surface area contributed by atoms with Gasteiger partial charge in [-0.15, -0.1) is 5.10 Å².